The van der Waals surface area contributed by atoms with Gasteiger partial charge in [0.1, 0.15) is 18.1 Å². The van der Waals surface area contributed by atoms with Gasteiger partial charge in [-0.3, -0.25) is 24.0 Å². The lowest BCUT2D eigenvalue weighted by molar-refractivity contribution is -0.144. The lowest BCUT2D eigenvalue weighted by atomic mass is 9.99. The molecule has 0 aromatic heterocycles. The Hall–Kier alpha value is -3.26. The number of carbonyl (C=O) groups is 6. The van der Waals surface area contributed by atoms with Crippen molar-refractivity contribution in [1.82, 2.24) is 16.0 Å². The molecule has 0 aliphatic rings. The van der Waals surface area contributed by atoms with Crippen molar-refractivity contribution < 1.29 is 44.1 Å². The third-order valence-corrected chi connectivity index (χ3v) is 4.64. The van der Waals surface area contributed by atoms with Crippen molar-refractivity contribution in [2.45, 2.75) is 63.7 Å². The normalized spacial score (nSPS) is 15.4. The van der Waals surface area contributed by atoms with Gasteiger partial charge < -0.3 is 42.7 Å². The van der Waals surface area contributed by atoms with Gasteiger partial charge in [-0.1, -0.05) is 20.3 Å². The second-order valence-electron chi connectivity index (χ2n) is 7.22. The molecule has 0 saturated carbocycles. The van der Waals surface area contributed by atoms with E-state index in [1.165, 1.54) is 0 Å². The number of hydrogen-bond acceptors (Lipinski definition) is 8. The van der Waals surface area contributed by atoms with E-state index in [0.29, 0.717) is 6.42 Å². The topological polar surface area (TPSA) is 251 Å². The molecule has 0 aromatic carbocycles. The Morgan fingerprint density at radius 3 is 1.88 bits per heavy atom. The largest absolute Gasteiger partial charge is 0.481 e. The summed E-state index contributed by atoms with van der Waals surface area (Å²) in [6.07, 6.45) is -0.797. The van der Waals surface area contributed by atoms with E-state index in [-0.39, 0.29) is 12.8 Å². The van der Waals surface area contributed by atoms with Crippen LogP contribution in [0.15, 0.2) is 0 Å². The lowest BCUT2D eigenvalue weighted by Crippen LogP contribution is -2.59. The molecule has 4 amide bonds. The molecule has 0 rings (SSSR count). The Labute approximate surface area is 184 Å². The van der Waals surface area contributed by atoms with Gasteiger partial charge in [0.15, 0.2) is 0 Å². The van der Waals surface area contributed by atoms with Crippen molar-refractivity contribution in [2.24, 2.45) is 17.4 Å². The Morgan fingerprint density at radius 2 is 1.44 bits per heavy atom. The van der Waals surface area contributed by atoms with Crippen molar-refractivity contribution in [3.05, 3.63) is 0 Å². The zero-order valence-electron chi connectivity index (χ0n) is 17.9. The van der Waals surface area contributed by atoms with Crippen LogP contribution in [0, 0.1) is 5.92 Å². The van der Waals surface area contributed by atoms with Crippen LogP contribution in [0.1, 0.15) is 39.5 Å². The van der Waals surface area contributed by atoms with Crippen LogP contribution in [-0.4, -0.2) is 81.7 Å². The molecule has 0 heterocycles. The number of rotatable bonds is 15. The maximum Gasteiger partial charge on any atom is 0.326 e. The Morgan fingerprint density at radius 1 is 0.906 bits per heavy atom. The summed E-state index contributed by atoms with van der Waals surface area (Å²) in [7, 11) is 0. The molecule has 0 spiro atoms. The van der Waals surface area contributed by atoms with Gasteiger partial charge in [0.2, 0.25) is 23.6 Å². The van der Waals surface area contributed by atoms with E-state index in [1.807, 2.05) is 0 Å². The van der Waals surface area contributed by atoms with Crippen LogP contribution in [0.3, 0.4) is 0 Å². The molecular formula is C18H31N5O9. The number of carbonyl (C=O) groups excluding carboxylic acids is 4. The van der Waals surface area contributed by atoms with E-state index >= 15 is 0 Å². The quantitative estimate of drug-likeness (QED) is 0.120. The van der Waals surface area contributed by atoms with Crippen LogP contribution in [0.4, 0.5) is 0 Å². The van der Waals surface area contributed by atoms with Gasteiger partial charge in [-0.15, -0.1) is 0 Å². The van der Waals surface area contributed by atoms with Gasteiger partial charge in [0.05, 0.1) is 19.1 Å². The van der Waals surface area contributed by atoms with Crippen molar-refractivity contribution in [1.29, 1.82) is 0 Å². The number of carboxylic acids is 2. The van der Waals surface area contributed by atoms with E-state index in [0.717, 1.165) is 0 Å². The highest BCUT2D eigenvalue weighted by atomic mass is 16.4. The highest BCUT2D eigenvalue weighted by Crippen LogP contribution is 2.08. The Bertz CT molecular complexity index is 715. The molecule has 0 aliphatic carbocycles. The van der Waals surface area contributed by atoms with Crippen LogP contribution in [0.2, 0.25) is 0 Å². The fourth-order valence-corrected chi connectivity index (χ4v) is 2.49. The summed E-state index contributed by atoms with van der Waals surface area (Å²) in [5.41, 5.74) is 10.6. The highest BCUT2D eigenvalue weighted by Gasteiger charge is 2.32. The van der Waals surface area contributed by atoms with E-state index in [4.69, 9.17) is 16.6 Å². The molecule has 0 radical (unpaired) electrons. The molecular weight excluding hydrogens is 430 g/mol. The minimum absolute atomic E-state index is 0.142. The predicted octanol–water partition coefficient (Wildman–Crippen LogP) is -3.37. The van der Waals surface area contributed by atoms with Crippen LogP contribution in [-0.2, 0) is 28.8 Å². The first kappa shape index (κ1) is 28.7. The minimum Gasteiger partial charge on any atom is -0.481 e. The van der Waals surface area contributed by atoms with E-state index in [9.17, 15) is 39.0 Å². The fraction of sp³-hybridized carbons (Fsp3) is 0.667. The summed E-state index contributed by atoms with van der Waals surface area (Å²) in [5, 5.41) is 34.1. The summed E-state index contributed by atoms with van der Waals surface area (Å²) in [6.45, 7) is 2.38. The number of nitrogens with two attached hydrogens (primary N) is 2. The molecule has 10 N–H and O–H groups in total. The summed E-state index contributed by atoms with van der Waals surface area (Å²) in [5.74, 6) is -6.98. The van der Waals surface area contributed by atoms with Gasteiger partial charge in [-0.05, 0) is 12.3 Å². The van der Waals surface area contributed by atoms with E-state index < -0.39 is 78.7 Å². The second-order valence-corrected chi connectivity index (χ2v) is 7.22. The lowest BCUT2D eigenvalue weighted by Gasteiger charge is -2.25. The van der Waals surface area contributed by atoms with Gasteiger partial charge in [-0.2, -0.15) is 0 Å². The van der Waals surface area contributed by atoms with Crippen molar-refractivity contribution in [3.8, 4) is 0 Å². The monoisotopic (exact) mass is 461 g/mol. The Balaban J connectivity index is 5.28. The number of aliphatic hydroxyl groups excluding tert-OH is 1. The zero-order chi connectivity index (χ0) is 25.0. The molecule has 32 heavy (non-hydrogen) atoms. The maximum atomic E-state index is 12.5. The average Bonchev–Trinajstić information content (AvgIpc) is 2.71. The van der Waals surface area contributed by atoms with Crippen molar-refractivity contribution in [3.63, 3.8) is 0 Å². The third-order valence-electron chi connectivity index (χ3n) is 4.64. The number of carboxylic acid groups (broad SMARTS) is 2. The molecule has 14 nitrogen and oxygen atoms in total. The van der Waals surface area contributed by atoms with Gasteiger partial charge in [-0.25, -0.2) is 4.79 Å². The number of nitrogens with one attached hydrogen (secondary N) is 3. The molecule has 0 bridgehead atoms. The molecule has 5 atom stereocenters. The predicted molar refractivity (Wildman–Crippen MR) is 109 cm³/mol. The van der Waals surface area contributed by atoms with Gasteiger partial charge in [0.25, 0.3) is 0 Å². The van der Waals surface area contributed by atoms with Crippen LogP contribution < -0.4 is 27.4 Å². The first-order valence-corrected chi connectivity index (χ1v) is 9.84. The number of amides is 4. The minimum atomic E-state index is -1.66. The second kappa shape index (κ2) is 13.9. The maximum absolute atomic E-state index is 12.5. The summed E-state index contributed by atoms with van der Waals surface area (Å²) in [6, 6.07) is -5.80. The zero-order valence-corrected chi connectivity index (χ0v) is 17.9. The first-order valence-electron chi connectivity index (χ1n) is 9.84. The summed E-state index contributed by atoms with van der Waals surface area (Å²) in [4.78, 5) is 70.2. The molecule has 182 valence electrons. The van der Waals surface area contributed by atoms with Gasteiger partial charge >= 0.3 is 11.9 Å². The number of aliphatic carboxylic acids is 2. The number of hydrogen-bond donors (Lipinski definition) is 8. The first-order chi connectivity index (χ1) is 14.8. The summed E-state index contributed by atoms with van der Waals surface area (Å²) >= 11 is 0. The highest BCUT2D eigenvalue weighted by molar-refractivity contribution is 5.95. The van der Waals surface area contributed by atoms with Gasteiger partial charge in [0, 0.05) is 6.42 Å². The molecule has 0 aliphatic heterocycles. The number of aliphatic hydroxyl groups is 1. The van der Waals surface area contributed by atoms with Crippen LogP contribution >= 0.6 is 0 Å². The third kappa shape index (κ3) is 10.2. The molecule has 0 aromatic rings. The standard InChI is InChI=1S/C18H31N5O9/c1-3-8(2)14(18(31)32)23-17(30)11(7-24)22-16(29)10(6-13(26)27)21-15(28)9(19)4-5-12(20)25/h8-11,14,24H,3-7,19H2,1-2H3,(H2,20,25)(H,21,28)(H,22,29)(H,23,30)(H,26,27)(H,31,32). The molecule has 0 fully saturated rings. The SMILES string of the molecule is CCC(C)C(NC(=O)C(CO)NC(=O)C(CC(=O)O)NC(=O)C(N)CCC(N)=O)C(=O)O. The average molecular weight is 461 g/mol. The summed E-state index contributed by atoms with van der Waals surface area (Å²) < 4.78 is 0. The van der Waals surface area contributed by atoms with Crippen LogP contribution in [0.25, 0.3) is 0 Å². The van der Waals surface area contributed by atoms with Crippen molar-refractivity contribution >= 4 is 35.6 Å². The number of primary amides is 1. The van der Waals surface area contributed by atoms with Crippen molar-refractivity contribution in [2.75, 3.05) is 6.61 Å². The molecule has 14 heteroatoms. The fourth-order valence-electron chi connectivity index (χ4n) is 2.49. The van der Waals surface area contributed by atoms with Crippen LogP contribution in [0.5, 0.6) is 0 Å². The molecule has 5 unspecified atom stereocenters. The van der Waals surface area contributed by atoms with E-state index in [2.05, 4.69) is 16.0 Å². The van der Waals surface area contributed by atoms with E-state index in [1.54, 1.807) is 13.8 Å². The Kier molecular flexibility index (Phi) is 12.5. The smallest absolute Gasteiger partial charge is 0.326 e. The molecule has 0 saturated heterocycles.